The van der Waals surface area contributed by atoms with Gasteiger partial charge < -0.3 is 19.1 Å². The molecule has 0 atom stereocenters. The largest absolute Gasteiger partial charge is 0.493 e. The van der Waals surface area contributed by atoms with Crippen LogP contribution in [0.2, 0.25) is 0 Å². The summed E-state index contributed by atoms with van der Waals surface area (Å²) in [5.41, 5.74) is -0.225. The Balaban J connectivity index is 1.88. The van der Waals surface area contributed by atoms with Crippen LogP contribution in [-0.4, -0.2) is 71.1 Å². The van der Waals surface area contributed by atoms with E-state index in [1.165, 1.54) is 32.7 Å². The minimum Gasteiger partial charge on any atom is -0.493 e. The van der Waals surface area contributed by atoms with E-state index in [0.29, 0.717) is 24.0 Å². The maximum Gasteiger partial charge on any atom is 0.416 e. The summed E-state index contributed by atoms with van der Waals surface area (Å²) in [4.78, 5) is 16.6. The third kappa shape index (κ3) is 8.68. The van der Waals surface area contributed by atoms with Gasteiger partial charge in [-0.15, -0.1) is 11.3 Å². The van der Waals surface area contributed by atoms with Gasteiger partial charge in [-0.25, -0.2) is 8.42 Å². The molecule has 0 saturated heterocycles. The van der Waals surface area contributed by atoms with Crippen molar-refractivity contribution in [2.75, 3.05) is 47.6 Å². The Kier molecular flexibility index (Phi) is 11.2. The van der Waals surface area contributed by atoms with Crippen molar-refractivity contribution >= 4 is 27.3 Å². The van der Waals surface area contributed by atoms with Crippen LogP contribution in [0.4, 0.5) is 13.2 Å². The van der Waals surface area contributed by atoms with Crippen molar-refractivity contribution in [3.8, 4) is 11.5 Å². The van der Waals surface area contributed by atoms with Gasteiger partial charge in [-0.1, -0.05) is 12.1 Å². The van der Waals surface area contributed by atoms with Gasteiger partial charge in [-0.05, 0) is 61.4 Å². The molecule has 1 heterocycles. The molecule has 0 fully saturated rings. The topological polar surface area (TPSA) is 85.4 Å². The molecule has 2 aromatic carbocycles. The van der Waals surface area contributed by atoms with Gasteiger partial charge in [0.05, 0.1) is 44.4 Å². The number of carbonyl (C=O) groups is 1. The number of alkyl halides is 3. The van der Waals surface area contributed by atoms with Crippen LogP contribution in [0.3, 0.4) is 0 Å². The quantitative estimate of drug-likeness (QED) is 0.254. The highest BCUT2D eigenvalue weighted by Crippen LogP contribution is 2.31. The minimum atomic E-state index is -4.72. The van der Waals surface area contributed by atoms with Gasteiger partial charge in [0, 0.05) is 30.0 Å². The van der Waals surface area contributed by atoms with E-state index in [2.05, 4.69) is 0 Å². The summed E-state index contributed by atoms with van der Waals surface area (Å²) < 4.78 is 83.3. The number of carbonyl (C=O) groups excluding carboxylic acids is 1. The number of thiophene rings is 1. The summed E-state index contributed by atoms with van der Waals surface area (Å²) in [6.07, 6.45) is -4.28. The van der Waals surface area contributed by atoms with E-state index in [4.69, 9.17) is 14.2 Å². The lowest BCUT2D eigenvalue weighted by atomic mass is 10.1. The number of aryl methyl sites for hydroxylation is 1. The second-order valence-electron chi connectivity index (χ2n) is 9.12. The van der Waals surface area contributed by atoms with Crippen LogP contribution in [0.15, 0.2) is 59.5 Å². The monoisotopic (exact) mass is 614 g/mol. The Bertz CT molecular complexity index is 1430. The molecule has 0 aliphatic carbocycles. The van der Waals surface area contributed by atoms with Crippen LogP contribution in [0.5, 0.6) is 11.5 Å². The molecule has 0 unspecified atom stereocenters. The van der Waals surface area contributed by atoms with E-state index >= 15 is 0 Å². The van der Waals surface area contributed by atoms with E-state index in [0.717, 1.165) is 37.8 Å². The van der Waals surface area contributed by atoms with Crippen LogP contribution < -0.4 is 9.47 Å². The van der Waals surface area contributed by atoms with Crippen molar-refractivity contribution in [3.05, 3.63) is 75.5 Å². The van der Waals surface area contributed by atoms with Crippen molar-refractivity contribution < 1.29 is 40.6 Å². The number of hydrogen-bond acceptors (Lipinski definition) is 7. The first kappa shape index (κ1) is 32.4. The molecule has 0 spiro atoms. The fourth-order valence-corrected chi connectivity index (χ4v) is 6.39. The zero-order valence-corrected chi connectivity index (χ0v) is 24.9. The van der Waals surface area contributed by atoms with E-state index < -0.39 is 39.1 Å². The van der Waals surface area contributed by atoms with Crippen LogP contribution in [0, 0.1) is 6.92 Å². The molecule has 1 aromatic heterocycles. The predicted molar refractivity (Wildman–Crippen MR) is 150 cm³/mol. The van der Waals surface area contributed by atoms with Crippen molar-refractivity contribution in [1.29, 1.82) is 0 Å². The number of hydrogen-bond donors (Lipinski definition) is 0. The molecular formula is C28H33F3N2O6S2. The molecular weight excluding hydrogens is 581 g/mol. The number of ether oxygens (including phenoxy) is 3. The summed E-state index contributed by atoms with van der Waals surface area (Å²) in [6.45, 7) is 1.60. The number of rotatable bonds is 14. The van der Waals surface area contributed by atoms with Crippen LogP contribution >= 0.6 is 11.3 Å². The highest BCUT2D eigenvalue weighted by molar-refractivity contribution is 7.89. The Morgan fingerprint density at radius 1 is 0.951 bits per heavy atom. The van der Waals surface area contributed by atoms with Crippen molar-refractivity contribution in [2.24, 2.45) is 0 Å². The van der Waals surface area contributed by atoms with Gasteiger partial charge in [0.25, 0.3) is 0 Å². The van der Waals surface area contributed by atoms with Crippen molar-refractivity contribution in [2.45, 2.75) is 31.0 Å². The molecule has 3 rings (SSSR count). The fourth-order valence-electron chi connectivity index (χ4n) is 4.06. The molecule has 0 bridgehead atoms. The van der Waals surface area contributed by atoms with Gasteiger partial charge in [0.1, 0.15) is 0 Å². The molecule has 0 N–H and O–H groups in total. The average Bonchev–Trinajstić information content (AvgIpc) is 3.36. The molecule has 0 aliphatic heterocycles. The average molecular weight is 615 g/mol. The molecule has 8 nitrogen and oxygen atoms in total. The number of halogens is 3. The highest BCUT2D eigenvalue weighted by Gasteiger charge is 2.34. The predicted octanol–water partition coefficient (Wildman–Crippen LogP) is 5.00. The minimum absolute atomic E-state index is 0.0543. The second kappa shape index (κ2) is 14.2. The summed E-state index contributed by atoms with van der Waals surface area (Å²) in [6, 6.07) is 12.7. The first-order valence-electron chi connectivity index (χ1n) is 12.6. The molecule has 13 heteroatoms. The molecule has 3 aromatic rings. The van der Waals surface area contributed by atoms with E-state index in [-0.39, 0.29) is 26.2 Å². The Morgan fingerprint density at radius 3 is 2.29 bits per heavy atom. The first-order chi connectivity index (χ1) is 19.4. The van der Waals surface area contributed by atoms with E-state index in [1.807, 2.05) is 25.1 Å². The standard InChI is InChI=1S/C28H33F3N2O6S2/c1-20-8-10-23(40-20)18-32(13-12-21-9-11-25(38-3)26(16-21)39-4)27(34)19-33(14-15-37-2)41(35,36)24-7-5-6-22(17-24)28(29,30)31/h5-11,16-17H,12-15,18-19H2,1-4H3. The number of amides is 1. The normalized spacial score (nSPS) is 12.0. The number of benzene rings is 2. The van der Waals surface area contributed by atoms with Gasteiger partial charge in [0.2, 0.25) is 15.9 Å². The van der Waals surface area contributed by atoms with Crippen molar-refractivity contribution in [1.82, 2.24) is 9.21 Å². The van der Waals surface area contributed by atoms with Gasteiger partial charge in [-0.3, -0.25) is 4.79 Å². The molecule has 0 saturated carbocycles. The van der Waals surface area contributed by atoms with Crippen LogP contribution in [0.25, 0.3) is 0 Å². The molecule has 224 valence electrons. The maximum absolute atomic E-state index is 13.6. The summed E-state index contributed by atoms with van der Waals surface area (Å²) in [5.74, 6) is 0.602. The Morgan fingerprint density at radius 2 is 1.68 bits per heavy atom. The summed E-state index contributed by atoms with van der Waals surface area (Å²) >= 11 is 1.52. The number of methoxy groups -OCH3 is 3. The SMILES string of the molecule is COCCN(CC(=O)N(CCc1ccc(OC)c(OC)c1)Cc1ccc(C)s1)S(=O)(=O)c1cccc(C(F)(F)F)c1. The lowest BCUT2D eigenvalue weighted by Crippen LogP contribution is -2.44. The maximum atomic E-state index is 13.6. The van der Waals surface area contributed by atoms with Gasteiger partial charge in [0.15, 0.2) is 11.5 Å². The van der Waals surface area contributed by atoms with Gasteiger partial charge >= 0.3 is 6.18 Å². The first-order valence-corrected chi connectivity index (χ1v) is 14.8. The van der Waals surface area contributed by atoms with Crippen LogP contribution in [0.1, 0.15) is 20.9 Å². The second-order valence-corrected chi connectivity index (χ2v) is 12.4. The number of nitrogens with zero attached hydrogens (tertiary/aromatic N) is 2. The Labute approximate surface area is 242 Å². The fraction of sp³-hybridized carbons (Fsp3) is 0.393. The van der Waals surface area contributed by atoms with Crippen LogP contribution in [-0.2, 0) is 38.7 Å². The smallest absolute Gasteiger partial charge is 0.416 e. The molecule has 0 aliphatic rings. The van der Waals surface area contributed by atoms with E-state index in [1.54, 1.807) is 17.0 Å². The zero-order chi connectivity index (χ0) is 30.2. The number of sulfonamides is 1. The third-order valence-corrected chi connectivity index (χ3v) is 9.10. The Hall–Kier alpha value is -3.13. The molecule has 1 amide bonds. The third-order valence-electron chi connectivity index (χ3n) is 6.27. The summed E-state index contributed by atoms with van der Waals surface area (Å²) in [7, 11) is -0.0374. The zero-order valence-electron chi connectivity index (χ0n) is 23.2. The molecule has 0 radical (unpaired) electrons. The van der Waals surface area contributed by atoms with E-state index in [9.17, 15) is 26.4 Å². The molecule has 41 heavy (non-hydrogen) atoms. The highest BCUT2D eigenvalue weighted by atomic mass is 32.2. The lowest BCUT2D eigenvalue weighted by Gasteiger charge is -2.27. The van der Waals surface area contributed by atoms with Crippen molar-refractivity contribution in [3.63, 3.8) is 0 Å². The lowest BCUT2D eigenvalue weighted by molar-refractivity contribution is -0.137. The van der Waals surface area contributed by atoms with Gasteiger partial charge in [-0.2, -0.15) is 17.5 Å². The summed E-state index contributed by atoms with van der Waals surface area (Å²) in [5, 5.41) is 0.